The van der Waals surface area contributed by atoms with Gasteiger partial charge in [0.1, 0.15) is 11.3 Å². The molecule has 1 N–H and O–H groups in total. The molecule has 0 saturated heterocycles. The van der Waals surface area contributed by atoms with Crippen molar-refractivity contribution in [2.75, 3.05) is 11.9 Å². The molecule has 1 aromatic heterocycles. The van der Waals surface area contributed by atoms with Crippen LogP contribution in [0, 0.1) is 10.1 Å². The quantitative estimate of drug-likeness (QED) is 0.138. The number of aromatic nitrogens is 1. The van der Waals surface area contributed by atoms with Gasteiger partial charge in [0.15, 0.2) is 6.10 Å². The molecule has 0 spiro atoms. The number of hydrogen-bond donors (Lipinski definition) is 1. The van der Waals surface area contributed by atoms with E-state index in [0.29, 0.717) is 17.8 Å². The fraction of sp³-hybridized carbons (Fsp3) is 0.125. The molecule has 5 aromatic rings. The second-order valence-corrected chi connectivity index (χ2v) is 9.59. The van der Waals surface area contributed by atoms with Crippen molar-refractivity contribution in [1.82, 2.24) is 4.57 Å². The number of hydrogen-bond acceptors (Lipinski definition) is 7. The highest BCUT2D eigenvalue weighted by atomic mass is 16.6. The number of rotatable bonds is 8. The van der Waals surface area contributed by atoms with Crippen molar-refractivity contribution in [1.29, 1.82) is 0 Å². The van der Waals surface area contributed by atoms with E-state index in [4.69, 9.17) is 9.47 Å². The Hall–Kier alpha value is -5.44. The van der Waals surface area contributed by atoms with Crippen molar-refractivity contribution in [2.45, 2.75) is 19.6 Å². The first kappa shape index (κ1) is 25.8. The molecule has 0 fully saturated rings. The van der Waals surface area contributed by atoms with Gasteiger partial charge in [0.2, 0.25) is 0 Å². The van der Waals surface area contributed by atoms with Crippen molar-refractivity contribution in [3.05, 3.63) is 130 Å². The Balaban J connectivity index is 1.41. The zero-order chi connectivity index (χ0) is 28.5. The number of nitrogens with one attached hydrogen (secondary N) is 1. The molecule has 4 aromatic carbocycles. The monoisotopic (exact) mass is 547 g/mol. The van der Waals surface area contributed by atoms with E-state index in [1.165, 1.54) is 29.8 Å². The summed E-state index contributed by atoms with van der Waals surface area (Å²) >= 11 is 0. The maximum Gasteiger partial charge on any atom is 0.356 e. The first-order valence-electron chi connectivity index (χ1n) is 13.1. The van der Waals surface area contributed by atoms with Gasteiger partial charge in [-0.25, -0.2) is 9.59 Å². The first-order valence-corrected chi connectivity index (χ1v) is 13.1. The molecule has 0 amide bonds. The van der Waals surface area contributed by atoms with E-state index >= 15 is 0 Å². The third kappa shape index (κ3) is 4.78. The number of nitrogens with zero attached hydrogens (tertiary/aromatic N) is 2. The number of carbonyl (C=O) groups excluding carboxylic acids is 2. The summed E-state index contributed by atoms with van der Waals surface area (Å²) in [7, 11) is 0. The Morgan fingerprint density at radius 2 is 1.66 bits per heavy atom. The van der Waals surface area contributed by atoms with Crippen LogP contribution in [0.3, 0.4) is 0 Å². The second-order valence-electron chi connectivity index (χ2n) is 9.59. The summed E-state index contributed by atoms with van der Waals surface area (Å²) in [6, 6.07) is 29.7. The topological polar surface area (TPSA) is 113 Å². The van der Waals surface area contributed by atoms with Crippen molar-refractivity contribution in [3.63, 3.8) is 0 Å². The Bertz CT molecular complexity index is 1840. The molecular weight excluding hydrogens is 522 g/mol. The smallest absolute Gasteiger partial charge is 0.356 e. The standard InChI is InChI=1S/C32H25N3O6/c1-2-40-31(36)28-29(32(37)41-30(28)21-12-15-23(16-13-21)35(38)39)33-22-14-17-27-25(18-22)24-10-6-7-11-26(24)34(27)19-20-8-4-3-5-9-20/h3-18,30,33H,2,19H2,1H3. The number of cyclic esters (lactones) is 1. The number of nitro benzene ring substituents is 1. The Kier molecular flexibility index (Phi) is 6.68. The van der Waals surface area contributed by atoms with Gasteiger partial charge < -0.3 is 19.4 Å². The lowest BCUT2D eigenvalue weighted by Gasteiger charge is -2.13. The van der Waals surface area contributed by atoms with Crippen LogP contribution in [0.15, 0.2) is 108 Å². The maximum absolute atomic E-state index is 13.1. The molecule has 0 saturated carbocycles. The number of benzene rings is 4. The molecule has 2 heterocycles. The van der Waals surface area contributed by atoms with Gasteiger partial charge in [0.05, 0.1) is 11.5 Å². The fourth-order valence-electron chi connectivity index (χ4n) is 5.22. The van der Waals surface area contributed by atoms with Gasteiger partial charge >= 0.3 is 11.9 Å². The van der Waals surface area contributed by atoms with E-state index in [0.717, 1.165) is 21.8 Å². The van der Waals surface area contributed by atoms with Crippen molar-refractivity contribution >= 4 is 45.1 Å². The van der Waals surface area contributed by atoms with Crippen LogP contribution in [0.5, 0.6) is 0 Å². The zero-order valence-electron chi connectivity index (χ0n) is 22.1. The molecule has 1 aliphatic heterocycles. The third-order valence-corrected chi connectivity index (χ3v) is 7.09. The number of carbonyl (C=O) groups is 2. The number of para-hydroxylation sites is 1. The Morgan fingerprint density at radius 1 is 0.951 bits per heavy atom. The third-order valence-electron chi connectivity index (χ3n) is 7.09. The second kappa shape index (κ2) is 10.6. The average molecular weight is 548 g/mol. The number of esters is 2. The van der Waals surface area contributed by atoms with Crippen LogP contribution in [0.4, 0.5) is 11.4 Å². The largest absolute Gasteiger partial charge is 0.462 e. The summed E-state index contributed by atoms with van der Waals surface area (Å²) in [6.45, 7) is 2.46. The molecule has 0 aliphatic carbocycles. The zero-order valence-corrected chi connectivity index (χ0v) is 22.1. The van der Waals surface area contributed by atoms with Crippen molar-refractivity contribution in [2.24, 2.45) is 0 Å². The molecule has 204 valence electrons. The number of nitro groups is 1. The lowest BCUT2D eigenvalue weighted by atomic mass is 10.0. The van der Waals surface area contributed by atoms with Gasteiger partial charge in [-0.05, 0) is 54.4 Å². The van der Waals surface area contributed by atoms with E-state index in [9.17, 15) is 19.7 Å². The fourth-order valence-corrected chi connectivity index (χ4v) is 5.22. The highest BCUT2D eigenvalue weighted by Crippen LogP contribution is 2.38. The van der Waals surface area contributed by atoms with Crippen LogP contribution in [-0.4, -0.2) is 28.0 Å². The van der Waals surface area contributed by atoms with Gasteiger partial charge in [0.25, 0.3) is 5.69 Å². The molecule has 9 nitrogen and oxygen atoms in total. The highest BCUT2D eigenvalue weighted by molar-refractivity contribution is 6.10. The Labute approximate surface area is 234 Å². The number of fused-ring (bicyclic) bond motifs is 3. The number of non-ortho nitro benzene ring substituents is 1. The molecule has 1 unspecified atom stereocenters. The summed E-state index contributed by atoms with van der Waals surface area (Å²) in [5.41, 5.74) is 4.16. The minimum absolute atomic E-state index is 0.0114. The van der Waals surface area contributed by atoms with Crippen molar-refractivity contribution < 1.29 is 24.0 Å². The summed E-state index contributed by atoms with van der Waals surface area (Å²) in [4.78, 5) is 36.7. The van der Waals surface area contributed by atoms with E-state index in [-0.39, 0.29) is 23.6 Å². The highest BCUT2D eigenvalue weighted by Gasteiger charge is 2.40. The van der Waals surface area contributed by atoms with Gasteiger partial charge in [0, 0.05) is 46.2 Å². The van der Waals surface area contributed by atoms with Crippen LogP contribution in [0.25, 0.3) is 21.8 Å². The van der Waals surface area contributed by atoms with E-state index in [2.05, 4.69) is 34.1 Å². The van der Waals surface area contributed by atoms with Gasteiger partial charge in [-0.1, -0.05) is 48.5 Å². The minimum Gasteiger partial charge on any atom is -0.462 e. The number of ether oxygens (including phenoxy) is 2. The van der Waals surface area contributed by atoms with Gasteiger partial charge in [-0.3, -0.25) is 10.1 Å². The van der Waals surface area contributed by atoms with Crippen LogP contribution in [0.2, 0.25) is 0 Å². The molecule has 1 aliphatic rings. The van der Waals surface area contributed by atoms with Gasteiger partial charge in [-0.2, -0.15) is 0 Å². The van der Waals surface area contributed by atoms with E-state index < -0.39 is 23.0 Å². The lowest BCUT2D eigenvalue weighted by molar-refractivity contribution is -0.384. The predicted molar refractivity (Wildman–Crippen MR) is 154 cm³/mol. The molecule has 0 radical (unpaired) electrons. The summed E-state index contributed by atoms with van der Waals surface area (Å²) in [5.74, 6) is -1.42. The molecule has 0 bridgehead atoms. The van der Waals surface area contributed by atoms with Crippen molar-refractivity contribution in [3.8, 4) is 0 Å². The van der Waals surface area contributed by atoms with Crippen LogP contribution in [-0.2, 0) is 25.6 Å². The molecule has 6 rings (SSSR count). The van der Waals surface area contributed by atoms with Gasteiger partial charge in [-0.15, -0.1) is 0 Å². The van der Waals surface area contributed by atoms with E-state index in [1.807, 2.05) is 48.5 Å². The molecule has 9 heteroatoms. The number of anilines is 1. The lowest BCUT2D eigenvalue weighted by Crippen LogP contribution is -2.16. The SMILES string of the molecule is CCOC(=O)C1=C(Nc2ccc3c(c2)c2ccccc2n3Cc2ccccc2)C(=O)OC1c1ccc([N+](=O)[O-])cc1. The van der Waals surface area contributed by atoms with Crippen LogP contribution in [0.1, 0.15) is 24.2 Å². The Morgan fingerprint density at radius 3 is 2.39 bits per heavy atom. The predicted octanol–water partition coefficient (Wildman–Crippen LogP) is 6.28. The summed E-state index contributed by atoms with van der Waals surface area (Å²) in [6.07, 6.45) is -1.07. The van der Waals surface area contributed by atoms with Crippen LogP contribution < -0.4 is 5.32 Å². The molecular formula is C32H25N3O6. The van der Waals surface area contributed by atoms with E-state index in [1.54, 1.807) is 6.92 Å². The minimum atomic E-state index is -1.07. The normalized spacial score (nSPS) is 14.9. The maximum atomic E-state index is 13.1. The first-order chi connectivity index (χ1) is 19.9. The summed E-state index contributed by atoms with van der Waals surface area (Å²) < 4.78 is 13.1. The molecule has 1 atom stereocenters. The summed E-state index contributed by atoms with van der Waals surface area (Å²) in [5, 5.41) is 16.2. The average Bonchev–Trinajstić information content (AvgIpc) is 3.48. The van der Waals surface area contributed by atoms with Crippen LogP contribution >= 0.6 is 0 Å². The molecule has 41 heavy (non-hydrogen) atoms.